The van der Waals surface area contributed by atoms with Gasteiger partial charge in [0.05, 0.1) is 0 Å². The molecule has 0 unspecified atom stereocenters. The summed E-state index contributed by atoms with van der Waals surface area (Å²) in [5, 5.41) is 8.06. The molecule has 0 atom stereocenters. The molecule has 2 rings (SSSR count). The number of nitrogens with one attached hydrogen (secondary N) is 1. The zero-order chi connectivity index (χ0) is 13.7. The minimum atomic E-state index is 0.334. The largest absolute Gasteiger partial charge is 0.313 e. The molecule has 108 valence electrons. The fraction of sp³-hybridized carbons (Fsp3) is 0.867. The predicted octanol–water partition coefficient (Wildman–Crippen LogP) is 2.79. The fourth-order valence-corrected chi connectivity index (χ4v) is 2.62. The van der Waals surface area contributed by atoms with Gasteiger partial charge in [-0.3, -0.25) is 4.68 Å². The molecule has 1 heterocycles. The molecule has 0 amide bonds. The van der Waals surface area contributed by atoms with Gasteiger partial charge >= 0.3 is 0 Å². The molecule has 1 aromatic heterocycles. The van der Waals surface area contributed by atoms with Crippen molar-refractivity contribution < 1.29 is 0 Å². The molecule has 1 saturated carbocycles. The molecule has 1 N–H and O–H groups in total. The first-order valence-corrected chi connectivity index (χ1v) is 7.83. The lowest BCUT2D eigenvalue weighted by atomic mass is 9.78. The Labute approximate surface area is 117 Å². The molecule has 0 aromatic carbocycles. The zero-order valence-corrected chi connectivity index (χ0v) is 12.7. The summed E-state index contributed by atoms with van der Waals surface area (Å²) in [6, 6.07) is 0.783. The van der Waals surface area contributed by atoms with Crippen molar-refractivity contribution in [3.8, 4) is 0 Å². The standard InChI is InChI=1S/C15H28N4/c1-4-9-19-14(17-12-18-19)10-15(5-2,6-3)11-16-13-7-8-13/h12-13,16H,4-11H2,1-3H3. The summed E-state index contributed by atoms with van der Waals surface area (Å²) < 4.78 is 2.08. The molecule has 19 heavy (non-hydrogen) atoms. The van der Waals surface area contributed by atoms with Gasteiger partial charge in [-0.05, 0) is 37.5 Å². The van der Waals surface area contributed by atoms with Gasteiger partial charge in [0.1, 0.15) is 12.2 Å². The first-order valence-electron chi connectivity index (χ1n) is 7.83. The summed E-state index contributed by atoms with van der Waals surface area (Å²) >= 11 is 0. The first-order chi connectivity index (χ1) is 9.23. The molecule has 1 aromatic rings. The summed E-state index contributed by atoms with van der Waals surface area (Å²) in [5.41, 5.74) is 0.334. The van der Waals surface area contributed by atoms with Gasteiger partial charge in [-0.25, -0.2) is 4.98 Å². The van der Waals surface area contributed by atoms with Gasteiger partial charge in [-0.2, -0.15) is 5.10 Å². The van der Waals surface area contributed by atoms with Crippen molar-refractivity contribution in [2.45, 2.75) is 71.9 Å². The van der Waals surface area contributed by atoms with Gasteiger partial charge < -0.3 is 5.32 Å². The molecule has 1 aliphatic carbocycles. The number of aromatic nitrogens is 3. The molecule has 0 saturated heterocycles. The van der Waals surface area contributed by atoms with Gasteiger partial charge in [0.15, 0.2) is 0 Å². The van der Waals surface area contributed by atoms with Crippen LogP contribution < -0.4 is 5.32 Å². The molecule has 0 aliphatic heterocycles. The summed E-state index contributed by atoms with van der Waals surface area (Å²) in [7, 11) is 0. The number of rotatable bonds is 9. The third-order valence-electron chi connectivity index (χ3n) is 4.51. The highest BCUT2D eigenvalue weighted by molar-refractivity contribution is 4.96. The average molecular weight is 264 g/mol. The Kier molecular flexibility index (Phi) is 4.97. The van der Waals surface area contributed by atoms with Crippen LogP contribution in [0.5, 0.6) is 0 Å². The van der Waals surface area contributed by atoms with Crippen LogP contribution in [-0.2, 0) is 13.0 Å². The van der Waals surface area contributed by atoms with E-state index >= 15 is 0 Å². The molecule has 0 spiro atoms. The van der Waals surface area contributed by atoms with Crippen molar-refractivity contribution in [1.29, 1.82) is 0 Å². The van der Waals surface area contributed by atoms with Crippen LogP contribution >= 0.6 is 0 Å². The van der Waals surface area contributed by atoms with E-state index in [-0.39, 0.29) is 0 Å². The van der Waals surface area contributed by atoms with Gasteiger partial charge in [0, 0.05) is 25.6 Å². The van der Waals surface area contributed by atoms with Crippen molar-refractivity contribution in [3.63, 3.8) is 0 Å². The monoisotopic (exact) mass is 264 g/mol. The lowest BCUT2D eigenvalue weighted by Crippen LogP contribution is -2.37. The Morgan fingerprint density at radius 1 is 1.32 bits per heavy atom. The lowest BCUT2D eigenvalue weighted by molar-refractivity contribution is 0.236. The first kappa shape index (κ1) is 14.5. The van der Waals surface area contributed by atoms with Crippen LogP contribution in [0.2, 0.25) is 0 Å². The second kappa shape index (κ2) is 6.51. The molecular weight excluding hydrogens is 236 g/mol. The Balaban J connectivity index is 2.02. The van der Waals surface area contributed by atoms with E-state index in [2.05, 4.69) is 40.9 Å². The summed E-state index contributed by atoms with van der Waals surface area (Å²) in [6.45, 7) is 8.89. The van der Waals surface area contributed by atoms with E-state index in [4.69, 9.17) is 0 Å². The van der Waals surface area contributed by atoms with Gasteiger partial charge in [0.2, 0.25) is 0 Å². The summed E-state index contributed by atoms with van der Waals surface area (Å²) in [6.07, 6.45) is 8.96. The molecule has 1 fully saturated rings. The topological polar surface area (TPSA) is 42.7 Å². The summed E-state index contributed by atoms with van der Waals surface area (Å²) in [5.74, 6) is 1.16. The second-order valence-electron chi connectivity index (χ2n) is 5.94. The van der Waals surface area contributed by atoms with E-state index in [9.17, 15) is 0 Å². The average Bonchev–Trinajstić information content (AvgIpc) is 3.17. The van der Waals surface area contributed by atoms with Crippen LogP contribution in [0.1, 0.15) is 58.7 Å². The Morgan fingerprint density at radius 2 is 2.05 bits per heavy atom. The number of nitrogens with zero attached hydrogens (tertiary/aromatic N) is 3. The van der Waals surface area contributed by atoms with Crippen molar-refractivity contribution in [2.24, 2.45) is 5.41 Å². The normalized spacial score (nSPS) is 15.9. The molecule has 0 bridgehead atoms. The fourth-order valence-electron chi connectivity index (χ4n) is 2.62. The predicted molar refractivity (Wildman–Crippen MR) is 78.1 cm³/mol. The summed E-state index contributed by atoms with van der Waals surface area (Å²) in [4.78, 5) is 4.48. The van der Waals surface area contributed by atoms with Crippen LogP contribution in [0.15, 0.2) is 6.33 Å². The maximum Gasteiger partial charge on any atom is 0.138 e. The quantitative estimate of drug-likeness (QED) is 0.746. The maximum atomic E-state index is 4.48. The third kappa shape index (κ3) is 3.78. The van der Waals surface area contributed by atoms with E-state index in [1.165, 1.54) is 25.7 Å². The van der Waals surface area contributed by atoms with Crippen LogP contribution in [-0.4, -0.2) is 27.4 Å². The minimum Gasteiger partial charge on any atom is -0.313 e. The van der Waals surface area contributed by atoms with E-state index in [1.54, 1.807) is 6.33 Å². The molecule has 4 heteroatoms. The van der Waals surface area contributed by atoms with Crippen LogP contribution in [0.3, 0.4) is 0 Å². The number of hydrogen-bond donors (Lipinski definition) is 1. The van der Waals surface area contributed by atoms with Crippen molar-refractivity contribution in [3.05, 3.63) is 12.2 Å². The minimum absolute atomic E-state index is 0.334. The molecule has 1 aliphatic rings. The highest BCUT2D eigenvalue weighted by Crippen LogP contribution is 2.31. The van der Waals surface area contributed by atoms with Crippen LogP contribution in [0.25, 0.3) is 0 Å². The SMILES string of the molecule is CCCn1ncnc1CC(CC)(CC)CNC1CC1. The maximum absolute atomic E-state index is 4.48. The molecule has 0 radical (unpaired) electrons. The van der Waals surface area contributed by atoms with Crippen molar-refractivity contribution >= 4 is 0 Å². The van der Waals surface area contributed by atoms with Crippen molar-refractivity contribution in [2.75, 3.05) is 6.54 Å². The Morgan fingerprint density at radius 3 is 2.63 bits per heavy atom. The molecule has 4 nitrogen and oxygen atoms in total. The third-order valence-corrected chi connectivity index (χ3v) is 4.51. The van der Waals surface area contributed by atoms with E-state index < -0.39 is 0 Å². The van der Waals surface area contributed by atoms with E-state index in [0.717, 1.165) is 37.8 Å². The number of hydrogen-bond acceptors (Lipinski definition) is 3. The Bertz CT molecular complexity index is 377. The van der Waals surface area contributed by atoms with E-state index in [1.807, 2.05) is 0 Å². The van der Waals surface area contributed by atoms with Crippen LogP contribution in [0, 0.1) is 5.41 Å². The van der Waals surface area contributed by atoms with Crippen molar-refractivity contribution in [1.82, 2.24) is 20.1 Å². The van der Waals surface area contributed by atoms with Gasteiger partial charge in [-0.15, -0.1) is 0 Å². The van der Waals surface area contributed by atoms with Crippen LogP contribution in [0.4, 0.5) is 0 Å². The van der Waals surface area contributed by atoms with Gasteiger partial charge in [-0.1, -0.05) is 20.8 Å². The smallest absolute Gasteiger partial charge is 0.138 e. The highest BCUT2D eigenvalue weighted by atomic mass is 15.3. The molecular formula is C15H28N4. The highest BCUT2D eigenvalue weighted by Gasteiger charge is 2.31. The zero-order valence-electron chi connectivity index (χ0n) is 12.7. The lowest BCUT2D eigenvalue weighted by Gasteiger charge is -2.32. The number of aryl methyl sites for hydroxylation is 1. The van der Waals surface area contributed by atoms with Gasteiger partial charge in [0.25, 0.3) is 0 Å². The Hall–Kier alpha value is -0.900. The van der Waals surface area contributed by atoms with E-state index in [0.29, 0.717) is 5.41 Å². The second-order valence-corrected chi connectivity index (χ2v) is 5.94.